The largest absolute Gasteiger partial charge is 0.631 e. The van der Waals surface area contributed by atoms with Crippen LogP contribution in [0.3, 0.4) is 0 Å². The fraction of sp³-hybridized carbons (Fsp3) is 1.00. The van der Waals surface area contributed by atoms with Crippen molar-refractivity contribution in [3.63, 3.8) is 0 Å². The zero-order chi connectivity index (χ0) is 14.3. The second-order valence-corrected chi connectivity index (χ2v) is 1.39. The van der Waals surface area contributed by atoms with Crippen LogP contribution in [0.15, 0.2) is 0 Å². The molecule has 0 aliphatic rings. The summed E-state index contributed by atoms with van der Waals surface area (Å²) >= 11 is 0. The quantitative estimate of drug-likeness (QED) is 0.182. The van der Waals surface area contributed by atoms with Crippen molar-refractivity contribution in [2.24, 2.45) is 0 Å². The molecular formula is CH16B4O12. The Hall–Kier alpha value is -0.220. The lowest BCUT2D eigenvalue weighted by Crippen LogP contribution is -2.07. The maximum atomic E-state index is 7.17. The highest BCUT2D eigenvalue weighted by Crippen LogP contribution is 1.41. The summed E-state index contributed by atoms with van der Waals surface area (Å²) in [4.78, 5) is 0. The van der Waals surface area contributed by atoms with Crippen LogP contribution in [0.5, 0.6) is 0 Å². The summed E-state index contributed by atoms with van der Waals surface area (Å²) in [7, 11) is -8.67. The molecular weight excluding hydrogens is 247 g/mol. The van der Waals surface area contributed by atoms with Crippen LogP contribution in [-0.4, -0.2) is 89.6 Å². The molecule has 0 radical (unpaired) electrons. The minimum atomic E-state index is -2.17. The Morgan fingerprint density at radius 2 is 0.294 bits per heavy atom. The van der Waals surface area contributed by atoms with Gasteiger partial charge in [0.2, 0.25) is 0 Å². The highest BCUT2D eigenvalue weighted by molar-refractivity contribution is 6.31. The molecule has 0 amide bonds. The first kappa shape index (κ1) is 30.1. The summed E-state index contributed by atoms with van der Waals surface area (Å²) < 4.78 is 0. The summed E-state index contributed by atoms with van der Waals surface area (Å²) in [6, 6.07) is 0. The molecule has 0 rings (SSSR count). The molecule has 12 nitrogen and oxygen atoms in total. The van der Waals surface area contributed by atoms with Gasteiger partial charge in [0, 0.05) is 0 Å². The van der Waals surface area contributed by atoms with E-state index in [-0.39, 0.29) is 7.43 Å². The fourth-order valence-electron chi connectivity index (χ4n) is 0. The van der Waals surface area contributed by atoms with Gasteiger partial charge in [0.25, 0.3) is 0 Å². The van der Waals surface area contributed by atoms with E-state index >= 15 is 0 Å². The highest BCUT2D eigenvalue weighted by atomic mass is 16.5. The van der Waals surface area contributed by atoms with E-state index in [1.165, 1.54) is 0 Å². The van der Waals surface area contributed by atoms with Crippen LogP contribution in [0.4, 0.5) is 0 Å². The minimum absolute atomic E-state index is 0. The summed E-state index contributed by atoms with van der Waals surface area (Å²) in [5.41, 5.74) is 0. The third-order valence-electron chi connectivity index (χ3n) is 0. The van der Waals surface area contributed by atoms with Gasteiger partial charge in [-0.15, -0.1) is 0 Å². The molecule has 12 N–H and O–H groups in total. The first-order chi connectivity index (χ1) is 6.93. The van der Waals surface area contributed by atoms with Crippen LogP contribution in [0.25, 0.3) is 0 Å². The van der Waals surface area contributed by atoms with E-state index < -0.39 is 29.3 Å². The predicted molar refractivity (Wildman–Crippen MR) is 56.4 cm³/mol. The molecule has 0 aliphatic carbocycles. The van der Waals surface area contributed by atoms with Gasteiger partial charge in [0.05, 0.1) is 0 Å². The van der Waals surface area contributed by atoms with Gasteiger partial charge < -0.3 is 60.3 Å². The summed E-state index contributed by atoms with van der Waals surface area (Å²) in [6.45, 7) is 0. The monoisotopic (exact) mass is 264 g/mol. The average molecular weight is 263 g/mol. The topological polar surface area (TPSA) is 243 Å². The zero-order valence-corrected chi connectivity index (χ0v) is 7.68. The van der Waals surface area contributed by atoms with Crippen LogP contribution < -0.4 is 0 Å². The van der Waals surface area contributed by atoms with Crippen LogP contribution >= 0.6 is 0 Å². The summed E-state index contributed by atoms with van der Waals surface area (Å²) in [5, 5.41) is 86.0. The van der Waals surface area contributed by atoms with Gasteiger partial charge in [0.15, 0.2) is 0 Å². The van der Waals surface area contributed by atoms with E-state index in [0.717, 1.165) is 0 Å². The van der Waals surface area contributed by atoms with Crippen LogP contribution in [0.1, 0.15) is 7.43 Å². The van der Waals surface area contributed by atoms with E-state index in [0.29, 0.717) is 0 Å². The normalized spacial score (nSPS) is 6.35. The Morgan fingerprint density at radius 3 is 0.294 bits per heavy atom. The van der Waals surface area contributed by atoms with Crippen molar-refractivity contribution in [2.45, 2.75) is 7.43 Å². The Labute approximate surface area is 98.0 Å². The van der Waals surface area contributed by atoms with Crippen molar-refractivity contribution < 1.29 is 60.3 Å². The molecule has 0 atom stereocenters. The molecule has 0 unspecified atom stereocenters. The maximum absolute atomic E-state index is 7.17. The molecule has 0 aliphatic heterocycles. The van der Waals surface area contributed by atoms with Gasteiger partial charge in [0.1, 0.15) is 0 Å². The molecule has 0 aromatic heterocycles. The van der Waals surface area contributed by atoms with Crippen molar-refractivity contribution in [2.75, 3.05) is 0 Å². The smallest absolute Gasteiger partial charge is 0.402 e. The Kier molecular flexibility index (Phi) is 44.0. The van der Waals surface area contributed by atoms with Gasteiger partial charge >= 0.3 is 29.3 Å². The van der Waals surface area contributed by atoms with Gasteiger partial charge in [-0.2, -0.15) is 0 Å². The number of hydrogen-bond acceptors (Lipinski definition) is 12. The fourth-order valence-corrected chi connectivity index (χ4v) is 0. The van der Waals surface area contributed by atoms with Crippen LogP contribution in [0, 0.1) is 0 Å². The van der Waals surface area contributed by atoms with Crippen molar-refractivity contribution in [3.05, 3.63) is 0 Å². The zero-order valence-electron chi connectivity index (χ0n) is 7.68. The molecule has 0 saturated heterocycles. The van der Waals surface area contributed by atoms with Crippen molar-refractivity contribution in [1.82, 2.24) is 0 Å². The van der Waals surface area contributed by atoms with Gasteiger partial charge in [-0.05, 0) is 0 Å². The van der Waals surface area contributed by atoms with Crippen molar-refractivity contribution in [3.8, 4) is 0 Å². The molecule has 0 saturated carbocycles. The lowest BCUT2D eigenvalue weighted by atomic mass is 10.3. The van der Waals surface area contributed by atoms with E-state index in [9.17, 15) is 0 Å². The molecule has 17 heavy (non-hydrogen) atoms. The maximum Gasteiger partial charge on any atom is 0.631 e. The molecule has 16 heteroatoms. The highest BCUT2D eigenvalue weighted by Gasteiger charge is 1.93. The van der Waals surface area contributed by atoms with Gasteiger partial charge in [-0.3, -0.25) is 0 Å². The summed E-state index contributed by atoms with van der Waals surface area (Å²) in [6.07, 6.45) is 0. The molecule has 104 valence electrons. The minimum Gasteiger partial charge on any atom is -0.402 e. The lowest BCUT2D eigenvalue weighted by molar-refractivity contribution is 0.276. The first-order valence-electron chi connectivity index (χ1n) is 3.10. The Bertz CT molecular complexity index is 61.5. The average Bonchev–Trinajstić information content (AvgIpc) is 1.76. The third kappa shape index (κ3) is 61800. The molecule has 0 spiro atoms. The van der Waals surface area contributed by atoms with E-state index in [2.05, 4.69) is 0 Å². The van der Waals surface area contributed by atoms with Crippen LogP contribution in [0.2, 0.25) is 0 Å². The molecule has 0 aromatic carbocycles. The Balaban J connectivity index is -0.0000000369. The number of hydrogen-bond donors (Lipinski definition) is 12. The van der Waals surface area contributed by atoms with E-state index in [4.69, 9.17) is 60.3 Å². The van der Waals surface area contributed by atoms with Crippen molar-refractivity contribution >= 4 is 29.3 Å². The number of rotatable bonds is 0. The van der Waals surface area contributed by atoms with E-state index in [1.54, 1.807) is 0 Å². The van der Waals surface area contributed by atoms with Crippen LogP contribution in [-0.2, 0) is 0 Å². The first-order valence-corrected chi connectivity index (χ1v) is 3.10. The molecule has 0 bridgehead atoms. The molecule has 0 fully saturated rings. The third-order valence-corrected chi connectivity index (χ3v) is 0. The second kappa shape index (κ2) is 24.8. The standard InChI is InChI=1S/CH4.4BH3O3/c;4*2-1(3)4/h1H4;4*2-4H. The lowest BCUT2D eigenvalue weighted by Gasteiger charge is -1.69. The van der Waals surface area contributed by atoms with Gasteiger partial charge in [-0.25, -0.2) is 0 Å². The molecule has 0 aromatic rings. The van der Waals surface area contributed by atoms with Gasteiger partial charge in [-0.1, -0.05) is 7.43 Å². The predicted octanol–water partition coefficient (Wildman–Crippen LogP) is -7.57. The molecule has 0 heterocycles. The van der Waals surface area contributed by atoms with Crippen molar-refractivity contribution in [1.29, 1.82) is 0 Å². The summed E-state index contributed by atoms with van der Waals surface area (Å²) in [5.74, 6) is 0. The SMILES string of the molecule is C.OB(O)O.OB(O)O.OB(O)O.OB(O)O. The second-order valence-electron chi connectivity index (χ2n) is 1.39. The Morgan fingerprint density at radius 1 is 0.294 bits per heavy atom. The van der Waals surface area contributed by atoms with E-state index in [1.807, 2.05) is 0 Å².